The van der Waals surface area contributed by atoms with Gasteiger partial charge in [-0.15, -0.1) is 11.8 Å². The predicted octanol–water partition coefficient (Wildman–Crippen LogP) is 4.70. The van der Waals surface area contributed by atoms with Crippen molar-refractivity contribution in [2.45, 2.75) is 83.7 Å². The third-order valence-electron chi connectivity index (χ3n) is 3.26. The van der Waals surface area contributed by atoms with Crippen LogP contribution >= 0.6 is 0 Å². The highest BCUT2D eigenvalue weighted by molar-refractivity contribution is 4.98. The Labute approximate surface area is 107 Å². The number of epoxide rings is 1. The molecule has 0 amide bonds. The Morgan fingerprint density at radius 1 is 0.882 bits per heavy atom. The first kappa shape index (κ1) is 14.6. The molecule has 1 saturated heterocycles. The van der Waals surface area contributed by atoms with Crippen LogP contribution < -0.4 is 0 Å². The summed E-state index contributed by atoms with van der Waals surface area (Å²) in [6.45, 7) is 3.27. The number of unbranched alkanes of at least 4 members (excludes halogenated alkanes) is 8. The molecule has 1 heteroatoms. The van der Waals surface area contributed by atoms with Crippen LogP contribution in [0.3, 0.4) is 0 Å². The minimum absolute atomic E-state index is 0.623. The third kappa shape index (κ3) is 10.4. The largest absolute Gasteiger partial charge is 0.373 e. The second-order valence-electron chi connectivity index (χ2n) is 5.07. The minimum atomic E-state index is 0.623. The fraction of sp³-hybridized carbons (Fsp3) is 0.875. The van der Waals surface area contributed by atoms with Crippen molar-refractivity contribution in [2.24, 2.45) is 0 Å². The lowest BCUT2D eigenvalue weighted by molar-refractivity contribution is 0.388. The van der Waals surface area contributed by atoms with Crippen LogP contribution in [0.1, 0.15) is 77.6 Å². The molecule has 98 valence electrons. The van der Waals surface area contributed by atoms with Crippen LogP contribution in [0.25, 0.3) is 0 Å². The van der Waals surface area contributed by atoms with Gasteiger partial charge in [-0.2, -0.15) is 0 Å². The average molecular weight is 236 g/mol. The van der Waals surface area contributed by atoms with Crippen molar-refractivity contribution in [3.8, 4) is 11.8 Å². The zero-order valence-electron chi connectivity index (χ0n) is 11.5. The van der Waals surface area contributed by atoms with Crippen molar-refractivity contribution in [3.63, 3.8) is 0 Å². The van der Waals surface area contributed by atoms with Gasteiger partial charge in [-0.3, -0.25) is 0 Å². The van der Waals surface area contributed by atoms with Gasteiger partial charge < -0.3 is 4.74 Å². The van der Waals surface area contributed by atoms with E-state index in [1.165, 1.54) is 57.8 Å². The smallest absolute Gasteiger partial charge is 0.0810 e. The lowest BCUT2D eigenvalue weighted by atomic mass is 10.1. The summed E-state index contributed by atoms with van der Waals surface area (Å²) in [5.41, 5.74) is 0. The summed E-state index contributed by atoms with van der Waals surface area (Å²) in [6.07, 6.45) is 14.8. The summed E-state index contributed by atoms with van der Waals surface area (Å²) in [4.78, 5) is 0. The van der Waals surface area contributed by atoms with E-state index in [-0.39, 0.29) is 0 Å². The average Bonchev–Trinajstić information content (AvgIpc) is 3.15. The second kappa shape index (κ2) is 10.7. The molecule has 0 saturated carbocycles. The second-order valence-corrected chi connectivity index (χ2v) is 5.07. The molecule has 1 aliphatic rings. The molecule has 1 nitrogen and oxygen atoms in total. The summed E-state index contributed by atoms with van der Waals surface area (Å²) in [5.74, 6) is 6.59. The summed E-state index contributed by atoms with van der Waals surface area (Å²) in [5, 5.41) is 0. The summed E-state index contributed by atoms with van der Waals surface area (Å²) < 4.78 is 5.19. The maximum Gasteiger partial charge on any atom is 0.0810 e. The fourth-order valence-electron chi connectivity index (χ4n) is 1.99. The Kier molecular flexibility index (Phi) is 9.14. The SMILES string of the molecule is CCCCCCC#CCCCCCCC1CO1. The molecular formula is C16H28O. The van der Waals surface area contributed by atoms with Gasteiger partial charge in [0.15, 0.2) is 0 Å². The maximum absolute atomic E-state index is 5.19. The van der Waals surface area contributed by atoms with E-state index in [1.807, 2.05) is 0 Å². The van der Waals surface area contributed by atoms with Crippen LogP contribution in [-0.2, 0) is 4.74 Å². The molecule has 0 aromatic rings. The molecule has 0 spiro atoms. The van der Waals surface area contributed by atoms with Gasteiger partial charge in [0.1, 0.15) is 0 Å². The molecular weight excluding hydrogens is 208 g/mol. The predicted molar refractivity (Wildman–Crippen MR) is 74.0 cm³/mol. The quantitative estimate of drug-likeness (QED) is 0.304. The molecule has 0 bridgehead atoms. The highest BCUT2D eigenvalue weighted by atomic mass is 16.6. The van der Waals surface area contributed by atoms with Gasteiger partial charge in [0, 0.05) is 12.8 Å². The number of hydrogen-bond donors (Lipinski definition) is 0. The molecule has 1 atom stereocenters. The topological polar surface area (TPSA) is 12.5 Å². The Bertz CT molecular complexity index is 219. The first-order valence-corrected chi connectivity index (χ1v) is 7.51. The zero-order chi connectivity index (χ0) is 12.2. The molecule has 1 aliphatic heterocycles. The zero-order valence-corrected chi connectivity index (χ0v) is 11.5. The lowest BCUT2D eigenvalue weighted by Crippen LogP contribution is -1.85. The first-order chi connectivity index (χ1) is 8.43. The van der Waals surface area contributed by atoms with Crippen molar-refractivity contribution >= 4 is 0 Å². The van der Waals surface area contributed by atoms with Gasteiger partial charge in [0.2, 0.25) is 0 Å². The van der Waals surface area contributed by atoms with E-state index in [9.17, 15) is 0 Å². The van der Waals surface area contributed by atoms with Crippen LogP contribution in [0.15, 0.2) is 0 Å². The molecule has 0 aromatic heterocycles. The van der Waals surface area contributed by atoms with Crippen LogP contribution in [0.5, 0.6) is 0 Å². The van der Waals surface area contributed by atoms with Gasteiger partial charge in [-0.25, -0.2) is 0 Å². The lowest BCUT2D eigenvalue weighted by Gasteiger charge is -1.96. The Hall–Kier alpha value is -0.480. The van der Waals surface area contributed by atoms with Crippen LogP contribution in [0, 0.1) is 11.8 Å². The third-order valence-corrected chi connectivity index (χ3v) is 3.26. The van der Waals surface area contributed by atoms with E-state index in [1.54, 1.807) is 0 Å². The van der Waals surface area contributed by atoms with Gasteiger partial charge in [0.25, 0.3) is 0 Å². The van der Waals surface area contributed by atoms with E-state index in [0.717, 1.165) is 19.4 Å². The van der Waals surface area contributed by atoms with Gasteiger partial charge in [0.05, 0.1) is 12.7 Å². The maximum atomic E-state index is 5.19. The van der Waals surface area contributed by atoms with Crippen molar-refractivity contribution < 1.29 is 4.74 Å². The molecule has 17 heavy (non-hydrogen) atoms. The minimum Gasteiger partial charge on any atom is -0.373 e. The van der Waals surface area contributed by atoms with Crippen molar-refractivity contribution in [3.05, 3.63) is 0 Å². The molecule has 0 aliphatic carbocycles. The van der Waals surface area contributed by atoms with Crippen molar-refractivity contribution in [1.82, 2.24) is 0 Å². The van der Waals surface area contributed by atoms with Crippen molar-refractivity contribution in [2.75, 3.05) is 6.61 Å². The van der Waals surface area contributed by atoms with Gasteiger partial charge >= 0.3 is 0 Å². The summed E-state index contributed by atoms with van der Waals surface area (Å²) >= 11 is 0. The van der Waals surface area contributed by atoms with Gasteiger partial charge in [-0.05, 0) is 19.3 Å². The Morgan fingerprint density at radius 2 is 1.47 bits per heavy atom. The highest BCUT2D eigenvalue weighted by Crippen LogP contribution is 2.17. The van der Waals surface area contributed by atoms with E-state index in [0.29, 0.717) is 6.10 Å². The number of rotatable bonds is 10. The van der Waals surface area contributed by atoms with E-state index >= 15 is 0 Å². The normalized spacial score (nSPS) is 17.6. The number of ether oxygens (including phenoxy) is 1. The van der Waals surface area contributed by atoms with Gasteiger partial charge in [-0.1, -0.05) is 45.4 Å². The molecule has 1 heterocycles. The molecule has 0 N–H and O–H groups in total. The van der Waals surface area contributed by atoms with Crippen LogP contribution in [-0.4, -0.2) is 12.7 Å². The Morgan fingerprint density at radius 3 is 2.06 bits per heavy atom. The first-order valence-electron chi connectivity index (χ1n) is 7.51. The molecule has 1 rings (SSSR count). The van der Waals surface area contributed by atoms with Crippen molar-refractivity contribution in [1.29, 1.82) is 0 Å². The summed E-state index contributed by atoms with van der Waals surface area (Å²) in [7, 11) is 0. The Balaban J connectivity index is 1.71. The standard InChI is InChI=1S/C16H28O/c1-2-3-4-5-6-7-8-9-10-11-12-13-14-16-15-17-16/h16H,2-6,9-15H2,1H3. The van der Waals surface area contributed by atoms with Crippen LogP contribution in [0.4, 0.5) is 0 Å². The van der Waals surface area contributed by atoms with E-state index in [2.05, 4.69) is 18.8 Å². The highest BCUT2D eigenvalue weighted by Gasteiger charge is 2.20. The van der Waals surface area contributed by atoms with Crippen LogP contribution in [0.2, 0.25) is 0 Å². The fourth-order valence-corrected chi connectivity index (χ4v) is 1.99. The molecule has 1 unspecified atom stereocenters. The van der Waals surface area contributed by atoms with E-state index in [4.69, 9.17) is 4.74 Å². The van der Waals surface area contributed by atoms with E-state index < -0.39 is 0 Å². The molecule has 1 fully saturated rings. The monoisotopic (exact) mass is 236 g/mol. The number of hydrogen-bond acceptors (Lipinski definition) is 1. The molecule has 0 radical (unpaired) electrons. The summed E-state index contributed by atoms with van der Waals surface area (Å²) in [6, 6.07) is 0. The molecule has 0 aromatic carbocycles.